The van der Waals surface area contributed by atoms with Gasteiger partial charge in [0.25, 0.3) is 0 Å². The SMILES string of the molecule is COc1cc(CNc2cccc(NC(=O)CC(C)C)c2)cc(Br)c1OCc1ccccc1. The van der Waals surface area contributed by atoms with Crippen LogP contribution in [-0.4, -0.2) is 13.0 Å². The number of amides is 1. The predicted molar refractivity (Wildman–Crippen MR) is 133 cm³/mol. The molecule has 0 saturated carbocycles. The minimum atomic E-state index is 0.0249. The number of rotatable bonds is 10. The Morgan fingerprint density at radius 2 is 1.72 bits per heavy atom. The van der Waals surface area contributed by atoms with Crippen LogP contribution in [0, 0.1) is 5.92 Å². The zero-order valence-corrected chi connectivity index (χ0v) is 20.2. The minimum Gasteiger partial charge on any atom is -0.493 e. The first kappa shape index (κ1) is 23.7. The van der Waals surface area contributed by atoms with Gasteiger partial charge in [-0.3, -0.25) is 4.79 Å². The van der Waals surface area contributed by atoms with Crippen molar-refractivity contribution in [1.29, 1.82) is 0 Å². The molecule has 0 saturated heterocycles. The Labute approximate surface area is 198 Å². The number of ether oxygens (including phenoxy) is 2. The number of anilines is 2. The maximum Gasteiger partial charge on any atom is 0.224 e. The Morgan fingerprint density at radius 3 is 2.44 bits per heavy atom. The van der Waals surface area contributed by atoms with Crippen molar-refractivity contribution >= 4 is 33.2 Å². The summed E-state index contributed by atoms with van der Waals surface area (Å²) in [4.78, 5) is 12.0. The lowest BCUT2D eigenvalue weighted by Gasteiger charge is -2.15. The van der Waals surface area contributed by atoms with E-state index < -0.39 is 0 Å². The molecule has 0 aliphatic carbocycles. The predicted octanol–water partition coefficient (Wildman–Crippen LogP) is 6.63. The van der Waals surface area contributed by atoms with Crippen LogP contribution in [0.2, 0.25) is 0 Å². The van der Waals surface area contributed by atoms with Gasteiger partial charge in [-0.25, -0.2) is 0 Å². The largest absolute Gasteiger partial charge is 0.493 e. The highest BCUT2D eigenvalue weighted by Gasteiger charge is 2.12. The van der Waals surface area contributed by atoms with Gasteiger partial charge in [0, 0.05) is 24.3 Å². The third kappa shape index (κ3) is 7.02. The second-order valence-electron chi connectivity index (χ2n) is 7.96. The summed E-state index contributed by atoms with van der Waals surface area (Å²) in [6.45, 7) is 5.12. The lowest BCUT2D eigenvalue weighted by Crippen LogP contribution is -2.13. The second kappa shape index (κ2) is 11.6. The summed E-state index contributed by atoms with van der Waals surface area (Å²) in [6, 6.07) is 21.7. The molecular weight excluding hydrogens is 468 g/mol. The zero-order chi connectivity index (χ0) is 22.9. The van der Waals surface area contributed by atoms with Crippen LogP contribution in [0.4, 0.5) is 11.4 Å². The lowest BCUT2D eigenvalue weighted by atomic mass is 10.1. The van der Waals surface area contributed by atoms with Crippen molar-refractivity contribution in [2.75, 3.05) is 17.7 Å². The van der Waals surface area contributed by atoms with Crippen molar-refractivity contribution in [3.05, 3.63) is 82.3 Å². The van der Waals surface area contributed by atoms with E-state index in [1.54, 1.807) is 7.11 Å². The number of benzene rings is 3. The van der Waals surface area contributed by atoms with Crippen LogP contribution < -0.4 is 20.1 Å². The summed E-state index contributed by atoms with van der Waals surface area (Å²) in [7, 11) is 1.64. The third-order valence-corrected chi connectivity index (χ3v) is 5.34. The number of carbonyl (C=O) groups is 1. The first-order valence-corrected chi connectivity index (χ1v) is 11.4. The van der Waals surface area contributed by atoms with Crippen LogP contribution in [0.15, 0.2) is 71.2 Å². The molecule has 32 heavy (non-hydrogen) atoms. The van der Waals surface area contributed by atoms with Crippen molar-refractivity contribution in [1.82, 2.24) is 0 Å². The molecule has 6 heteroatoms. The van der Waals surface area contributed by atoms with E-state index in [1.807, 2.05) is 80.6 Å². The standard InChI is InChI=1S/C26H29BrN2O3/c1-18(2)12-25(30)29-22-11-7-10-21(15-22)28-16-20-13-23(27)26(24(14-20)31-3)32-17-19-8-5-4-6-9-19/h4-11,13-15,18,28H,12,16-17H2,1-3H3,(H,29,30). The fourth-order valence-electron chi connectivity index (χ4n) is 3.24. The summed E-state index contributed by atoms with van der Waals surface area (Å²) in [6.07, 6.45) is 0.504. The highest BCUT2D eigenvalue weighted by molar-refractivity contribution is 9.10. The van der Waals surface area contributed by atoms with E-state index in [4.69, 9.17) is 9.47 Å². The molecule has 168 valence electrons. The van der Waals surface area contributed by atoms with Crippen molar-refractivity contribution in [2.45, 2.75) is 33.4 Å². The highest BCUT2D eigenvalue weighted by Crippen LogP contribution is 2.37. The topological polar surface area (TPSA) is 59.6 Å². The van der Waals surface area contributed by atoms with Gasteiger partial charge in [0.1, 0.15) is 6.61 Å². The summed E-state index contributed by atoms with van der Waals surface area (Å²) >= 11 is 3.62. The van der Waals surface area contributed by atoms with Crippen LogP contribution >= 0.6 is 15.9 Å². The molecule has 0 aliphatic rings. The number of carbonyl (C=O) groups excluding carboxylic acids is 1. The Kier molecular flexibility index (Phi) is 8.56. The van der Waals surface area contributed by atoms with Gasteiger partial charge >= 0.3 is 0 Å². The molecular formula is C26H29BrN2O3. The molecule has 5 nitrogen and oxygen atoms in total. The van der Waals surface area contributed by atoms with Crippen LogP contribution in [0.3, 0.4) is 0 Å². The lowest BCUT2D eigenvalue weighted by molar-refractivity contribution is -0.116. The summed E-state index contributed by atoms with van der Waals surface area (Å²) in [5.74, 6) is 1.69. The van der Waals surface area contributed by atoms with Gasteiger partial charge < -0.3 is 20.1 Å². The van der Waals surface area contributed by atoms with Crippen molar-refractivity contribution in [3.63, 3.8) is 0 Å². The van der Waals surface area contributed by atoms with Gasteiger partial charge in [-0.1, -0.05) is 50.2 Å². The summed E-state index contributed by atoms with van der Waals surface area (Å²) in [5, 5.41) is 6.35. The first-order valence-electron chi connectivity index (χ1n) is 10.6. The smallest absolute Gasteiger partial charge is 0.224 e. The minimum absolute atomic E-state index is 0.0249. The van der Waals surface area contributed by atoms with E-state index in [2.05, 4.69) is 26.6 Å². The molecule has 1 amide bonds. The molecule has 2 N–H and O–H groups in total. The molecule has 0 spiro atoms. The number of methoxy groups -OCH3 is 1. The van der Waals surface area contributed by atoms with Crippen LogP contribution in [0.25, 0.3) is 0 Å². The van der Waals surface area contributed by atoms with Gasteiger partial charge in [-0.15, -0.1) is 0 Å². The monoisotopic (exact) mass is 496 g/mol. The maximum atomic E-state index is 12.0. The molecule has 0 aliphatic heterocycles. The molecule has 0 atom stereocenters. The first-order chi connectivity index (χ1) is 15.4. The van der Waals surface area contributed by atoms with E-state index in [1.165, 1.54) is 0 Å². The van der Waals surface area contributed by atoms with E-state index in [9.17, 15) is 4.79 Å². The Bertz CT molecular complexity index is 1040. The van der Waals surface area contributed by atoms with Gasteiger partial charge in [-0.2, -0.15) is 0 Å². The molecule has 0 aromatic heterocycles. The fraction of sp³-hybridized carbons (Fsp3) is 0.269. The molecule has 0 fully saturated rings. The summed E-state index contributed by atoms with van der Waals surface area (Å²) < 4.78 is 12.4. The quantitative estimate of drug-likeness (QED) is 0.330. The van der Waals surface area contributed by atoms with Gasteiger partial charge in [-0.05, 0) is 63.3 Å². The molecule has 3 rings (SSSR count). The van der Waals surface area contributed by atoms with Crippen LogP contribution in [0.5, 0.6) is 11.5 Å². The van der Waals surface area contributed by atoms with Crippen molar-refractivity contribution < 1.29 is 14.3 Å². The average Bonchev–Trinajstić information content (AvgIpc) is 2.77. The van der Waals surface area contributed by atoms with Crippen molar-refractivity contribution in [2.24, 2.45) is 5.92 Å². The second-order valence-corrected chi connectivity index (χ2v) is 8.82. The van der Waals surface area contributed by atoms with E-state index in [0.29, 0.717) is 37.0 Å². The van der Waals surface area contributed by atoms with Gasteiger partial charge in [0.2, 0.25) is 5.91 Å². The summed E-state index contributed by atoms with van der Waals surface area (Å²) in [5.41, 5.74) is 3.83. The van der Waals surface area contributed by atoms with E-state index in [-0.39, 0.29) is 5.91 Å². The molecule has 0 unspecified atom stereocenters. The molecule has 0 radical (unpaired) electrons. The average molecular weight is 497 g/mol. The van der Waals surface area contributed by atoms with E-state index in [0.717, 1.165) is 27.0 Å². The number of hydrogen-bond donors (Lipinski definition) is 2. The Balaban J connectivity index is 1.64. The molecule has 3 aromatic carbocycles. The Hall–Kier alpha value is -2.99. The fourth-order valence-corrected chi connectivity index (χ4v) is 3.84. The number of halogens is 1. The van der Waals surface area contributed by atoms with Crippen LogP contribution in [0.1, 0.15) is 31.4 Å². The Morgan fingerprint density at radius 1 is 0.969 bits per heavy atom. The third-order valence-electron chi connectivity index (χ3n) is 4.75. The number of hydrogen-bond acceptors (Lipinski definition) is 4. The van der Waals surface area contributed by atoms with E-state index >= 15 is 0 Å². The zero-order valence-electron chi connectivity index (χ0n) is 18.7. The highest BCUT2D eigenvalue weighted by atomic mass is 79.9. The molecule has 0 heterocycles. The van der Waals surface area contributed by atoms with Crippen LogP contribution in [-0.2, 0) is 17.9 Å². The van der Waals surface area contributed by atoms with Gasteiger partial charge in [0.15, 0.2) is 11.5 Å². The normalized spacial score (nSPS) is 10.7. The maximum absolute atomic E-state index is 12.0. The molecule has 0 bridgehead atoms. The molecule has 3 aromatic rings. The number of nitrogens with one attached hydrogen (secondary N) is 2. The van der Waals surface area contributed by atoms with Crippen molar-refractivity contribution in [3.8, 4) is 11.5 Å². The van der Waals surface area contributed by atoms with Gasteiger partial charge in [0.05, 0.1) is 11.6 Å².